The molecule has 2 aromatic heterocycles. The van der Waals surface area contributed by atoms with E-state index in [9.17, 15) is 9.59 Å². The molecule has 3 rings (SSSR count). The zero-order valence-electron chi connectivity index (χ0n) is 11.0. The van der Waals surface area contributed by atoms with Crippen molar-refractivity contribution in [1.29, 1.82) is 0 Å². The molecule has 1 atom stereocenters. The van der Waals surface area contributed by atoms with E-state index in [2.05, 4.69) is 5.32 Å². The van der Waals surface area contributed by atoms with E-state index in [0.717, 1.165) is 24.1 Å². The molecule has 0 bridgehead atoms. The Labute approximate surface area is 120 Å². The molecule has 0 saturated carbocycles. The van der Waals surface area contributed by atoms with Gasteiger partial charge in [0.2, 0.25) is 5.91 Å². The second kappa shape index (κ2) is 5.76. The van der Waals surface area contributed by atoms with E-state index in [4.69, 9.17) is 4.74 Å². The molecule has 1 fully saturated rings. The molecule has 6 heteroatoms. The summed E-state index contributed by atoms with van der Waals surface area (Å²) in [5.41, 5.74) is -0.115. The first-order valence-electron chi connectivity index (χ1n) is 6.69. The SMILES string of the molecule is O=C(Cn1ccc2sccc2c1=O)NCC1CCCO1. The van der Waals surface area contributed by atoms with Crippen LogP contribution in [0.4, 0.5) is 0 Å². The normalized spacial score (nSPS) is 18.5. The third kappa shape index (κ3) is 2.76. The monoisotopic (exact) mass is 292 g/mol. The molecule has 106 valence electrons. The highest BCUT2D eigenvalue weighted by Gasteiger charge is 2.16. The maximum absolute atomic E-state index is 12.2. The van der Waals surface area contributed by atoms with Crippen LogP contribution in [-0.2, 0) is 16.1 Å². The minimum Gasteiger partial charge on any atom is -0.376 e. The molecule has 0 radical (unpaired) electrons. The number of hydrogen-bond donors (Lipinski definition) is 1. The molecular weight excluding hydrogens is 276 g/mol. The maximum atomic E-state index is 12.2. The molecule has 5 nitrogen and oxygen atoms in total. The minimum atomic E-state index is -0.155. The van der Waals surface area contributed by atoms with Gasteiger partial charge in [0, 0.05) is 24.0 Å². The lowest BCUT2D eigenvalue weighted by molar-refractivity contribution is -0.122. The average molecular weight is 292 g/mol. The molecule has 3 heterocycles. The number of fused-ring (bicyclic) bond motifs is 1. The Morgan fingerprint density at radius 2 is 2.40 bits per heavy atom. The van der Waals surface area contributed by atoms with Crippen molar-refractivity contribution in [2.45, 2.75) is 25.5 Å². The summed E-state index contributed by atoms with van der Waals surface area (Å²) < 4.78 is 7.84. The van der Waals surface area contributed by atoms with Crippen molar-refractivity contribution in [1.82, 2.24) is 9.88 Å². The fraction of sp³-hybridized carbons (Fsp3) is 0.429. The number of amides is 1. The van der Waals surface area contributed by atoms with E-state index in [1.165, 1.54) is 15.9 Å². The predicted octanol–water partition coefficient (Wildman–Crippen LogP) is 1.36. The van der Waals surface area contributed by atoms with Gasteiger partial charge in [0.15, 0.2) is 0 Å². The number of nitrogens with one attached hydrogen (secondary N) is 1. The summed E-state index contributed by atoms with van der Waals surface area (Å²) in [5.74, 6) is -0.155. The van der Waals surface area contributed by atoms with Gasteiger partial charge in [-0.2, -0.15) is 0 Å². The first kappa shape index (κ1) is 13.3. The summed E-state index contributed by atoms with van der Waals surface area (Å²) in [7, 11) is 0. The fourth-order valence-corrected chi connectivity index (χ4v) is 3.15. The number of pyridine rings is 1. The van der Waals surface area contributed by atoms with E-state index in [1.807, 2.05) is 11.4 Å². The summed E-state index contributed by atoms with van der Waals surface area (Å²) >= 11 is 1.53. The van der Waals surface area contributed by atoms with Crippen molar-refractivity contribution in [2.24, 2.45) is 0 Å². The van der Waals surface area contributed by atoms with Crippen molar-refractivity contribution in [3.05, 3.63) is 34.1 Å². The second-order valence-electron chi connectivity index (χ2n) is 4.89. The van der Waals surface area contributed by atoms with Crippen LogP contribution < -0.4 is 10.9 Å². The summed E-state index contributed by atoms with van der Waals surface area (Å²) in [6.45, 7) is 1.35. The Bertz CT molecular complexity index is 670. The first-order valence-corrected chi connectivity index (χ1v) is 7.57. The molecule has 1 aliphatic heterocycles. The molecule has 0 spiro atoms. The Morgan fingerprint density at radius 1 is 1.50 bits per heavy atom. The van der Waals surface area contributed by atoms with Crippen molar-refractivity contribution in [3.63, 3.8) is 0 Å². The minimum absolute atomic E-state index is 0.0529. The first-order chi connectivity index (χ1) is 9.74. The van der Waals surface area contributed by atoms with Gasteiger partial charge in [-0.1, -0.05) is 0 Å². The second-order valence-corrected chi connectivity index (χ2v) is 5.83. The molecular formula is C14H16N2O3S. The van der Waals surface area contributed by atoms with Crippen LogP contribution in [0.25, 0.3) is 10.1 Å². The molecule has 1 amide bonds. The topological polar surface area (TPSA) is 60.3 Å². The summed E-state index contributed by atoms with van der Waals surface area (Å²) in [5, 5.41) is 5.37. The highest BCUT2D eigenvalue weighted by atomic mass is 32.1. The van der Waals surface area contributed by atoms with E-state index < -0.39 is 0 Å². The predicted molar refractivity (Wildman–Crippen MR) is 78.1 cm³/mol. The molecule has 0 aromatic carbocycles. The van der Waals surface area contributed by atoms with E-state index in [1.54, 1.807) is 12.3 Å². The number of aromatic nitrogens is 1. The number of rotatable bonds is 4. The molecule has 20 heavy (non-hydrogen) atoms. The van der Waals surface area contributed by atoms with Crippen molar-refractivity contribution in [3.8, 4) is 0 Å². The van der Waals surface area contributed by atoms with Crippen molar-refractivity contribution < 1.29 is 9.53 Å². The van der Waals surface area contributed by atoms with Crippen LogP contribution >= 0.6 is 11.3 Å². The van der Waals surface area contributed by atoms with Gasteiger partial charge >= 0.3 is 0 Å². The number of carbonyl (C=O) groups excluding carboxylic acids is 1. The summed E-state index contributed by atoms with van der Waals surface area (Å²) in [6.07, 6.45) is 3.83. The lowest BCUT2D eigenvalue weighted by Gasteiger charge is -2.11. The maximum Gasteiger partial charge on any atom is 0.259 e. The van der Waals surface area contributed by atoms with Crippen LogP contribution in [0.5, 0.6) is 0 Å². The quantitative estimate of drug-likeness (QED) is 0.925. The van der Waals surface area contributed by atoms with Gasteiger partial charge in [0.25, 0.3) is 5.56 Å². The molecule has 1 N–H and O–H groups in total. The summed E-state index contributed by atoms with van der Waals surface area (Å²) in [6, 6.07) is 3.66. The number of nitrogens with zero attached hydrogens (tertiary/aromatic N) is 1. The Kier molecular flexibility index (Phi) is 3.84. The van der Waals surface area contributed by atoms with Gasteiger partial charge < -0.3 is 14.6 Å². The van der Waals surface area contributed by atoms with Gasteiger partial charge in [-0.05, 0) is 30.4 Å². The van der Waals surface area contributed by atoms with Crippen LogP contribution in [0.15, 0.2) is 28.5 Å². The lowest BCUT2D eigenvalue weighted by atomic mass is 10.2. The number of carbonyl (C=O) groups is 1. The molecule has 0 aliphatic carbocycles. The standard InChI is InChI=1S/C14H16N2O3S/c17-13(15-8-10-2-1-6-19-10)9-16-5-3-12-11(14(16)18)4-7-20-12/h3-5,7,10H,1-2,6,8-9H2,(H,15,17). The van der Waals surface area contributed by atoms with Gasteiger partial charge in [0.05, 0.1) is 11.5 Å². The Hall–Kier alpha value is -1.66. The Balaban J connectivity index is 1.64. The number of ether oxygens (including phenoxy) is 1. The third-order valence-corrected chi connectivity index (χ3v) is 4.34. The van der Waals surface area contributed by atoms with Gasteiger partial charge in [-0.15, -0.1) is 11.3 Å². The van der Waals surface area contributed by atoms with Gasteiger partial charge in [-0.25, -0.2) is 0 Å². The van der Waals surface area contributed by atoms with Crippen LogP contribution in [0.1, 0.15) is 12.8 Å². The van der Waals surface area contributed by atoms with Crippen LogP contribution in [0.2, 0.25) is 0 Å². The largest absolute Gasteiger partial charge is 0.376 e. The van der Waals surface area contributed by atoms with Crippen LogP contribution in [0.3, 0.4) is 0 Å². The molecule has 1 saturated heterocycles. The van der Waals surface area contributed by atoms with E-state index in [0.29, 0.717) is 11.9 Å². The molecule has 1 aliphatic rings. The number of hydrogen-bond acceptors (Lipinski definition) is 4. The van der Waals surface area contributed by atoms with Crippen molar-refractivity contribution in [2.75, 3.05) is 13.2 Å². The average Bonchev–Trinajstić information content (AvgIpc) is 3.10. The van der Waals surface area contributed by atoms with Crippen LogP contribution in [-0.4, -0.2) is 29.7 Å². The highest BCUT2D eigenvalue weighted by molar-refractivity contribution is 7.17. The third-order valence-electron chi connectivity index (χ3n) is 3.46. The lowest BCUT2D eigenvalue weighted by Crippen LogP contribution is -2.36. The zero-order valence-corrected chi connectivity index (χ0v) is 11.8. The highest BCUT2D eigenvalue weighted by Crippen LogP contribution is 2.16. The van der Waals surface area contributed by atoms with Gasteiger partial charge in [0.1, 0.15) is 6.54 Å². The van der Waals surface area contributed by atoms with E-state index >= 15 is 0 Å². The fourth-order valence-electron chi connectivity index (χ4n) is 2.37. The smallest absolute Gasteiger partial charge is 0.259 e. The van der Waals surface area contributed by atoms with Gasteiger partial charge in [-0.3, -0.25) is 9.59 Å². The molecule has 1 unspecified atom stereocenters. The van der Waals surface area contributed by atoms with E-state index in [-0.39, 0.29) is 24.1 Å². The number of thiophene rings is 1. The molecule has 2 aromatic rings. The zero-order chi connectivity index (χ0) is 13.9. The van der Waals surface area contributed by atoms with Crippen molar-refractivity contribution >= 4 is 27.3 Å². The Morgan fingerprint density at radius 3 is 3.20 bits per heavy atom. The summed E-state index contributed by atoms with van der Waals surface area (Å²) in [4.78, 5) is 24.0. The van der Waals surface area contributed by atoms with Crippen LogP contribution in [0, 0.1) is 0 Å².